The van der Waals surface area contributed by atoms with Crippen LogP contribution in [0.2, 0.25) is 0 Å². The standard InChI is InChI=1S/C21H17F3N2O3/c22-21(23,24)28-17-8-6-15(7-9-17)19-11-20(26-29-19)27-18-10-16(12-25-13-18)14-4-2-1-3-5-14/h1-6,8,10,12-13,19H,7,9,11H2/t19-/m0/s1. The van der Waals surface area contributed by atoms with Crippen LogP contribution in [-0.4, -0.2) is 23.3 Å². The number of pyridine rings is 1. The zero-order valence-corrected chi connectivity index (χ0v) is 15.2. The van der Waals surface area contributed by atoms with Crippen molar-refractivity contribution in [1.82, 2.24) is 4.98 Å². The maximum atomic E-state index is 12.3. The number of halogens is 3. The molecule has 150 valence electrons. The maximum Gasteiger partial charge on any atom is 0.572 e. The predicted octanol–water partition coefficient (Wildman–Crippen LogP) is 5.37. The summed E-state index contributed by atoms with van der Waals surface area (Å²) in [5.74, 6) is 0.817. The quantitative estimate of drug-likeness (QED) is 0.690. The Bertz CT molecular complexity index is 969. The molecule has 0 unspecified atom stereocenters. The number of ether oxygens (including phenoxy) is 2. The van der Waals surface area contributed by atoms with Crippen LogP contribution < -0.4 is 4.74 Å². The zero-order valence-electron chi connectivity index (χ0n) is 15.2. The van der Waals surface area contributed by atoms with Gasteiger partial charge in [-0.25, -0.2) is 0 Å². The molecule has 29 heavy (non-hydrogen) atoms. The second-order valence-corrected chi connectivity index (χ2v) is 6.58. The first-order chi connectivity index (χ1) is 14.0. The van der Waals surface area contributed by atoms with Crippen LogP contribution in [0.4, 0.5) is 13.2 Å². The van der Waals surface area contributed by atoms with Crippen molar-refractivity contribution in [1.29, 1.82) is 0 Å². The third kappa shape index (κ3) is 4.96. The van der Waals surface area contributed by atoms with Gasteiger partial charge in [-0.2, -0.15) is 0 Å². The number of hydrogen-bond acceptors (Lipinski definition) is 5. The summed E-state index contributed by atoms with van der Waals surface area (Å²) >= 11 is 0. The Morgan fingerprint density at radius 2 is 1.83 bits per heavy atom. The molecular formula is C21H17F3N2O3. The van der Waals surface area contributed by atoms with Gasteiger partial charge in [0.05, 0.1) is 12.6 Å². The van der Waals surface area contributed by atoms with E-state index in [0.717, 1.165) is 16.7 Å². The van der Waals surface area contributed by atoms with Crippen LogP contribution in [-0.2, 0) is 9.57 Å². The fourth-order valence-electron chi connectivity index (χ4n) is 3.15. The van der Waals surface area contributed by atoms with Crippen LogP contribution in [0.25, 0.3) is 11.1 Å². The number of benzene rings is 1. The van der Waals surface area contributed by atoms with Crippen LogP contribution in [0.3, 0.4) is 0 Å². The van der Waals surface area contributed by atoms with E-state index in [9.17, 15) is 13.2 Å². The minimum absolute atomic E-state index is 0.111. The monoisotopic (exact) mass is 402 g/mol. The minimum atomic E-state index is -4.67. The minimum Gasteiger partial charge on any atom is -0.438 e. The van der Waals surface area contributed by atoms with Gasteiger partial charge in [0.1, 0.15) is 11.5 Å². The number of nitrogens with zero attached hydrogens (tertiary/aromatic N) is 2. The van der Waals surface area contributed by atoms with Crippen LogP contribution in [0.15, 0.2) is 77.4 Å². The molecule has 0 saturated heterocycles. The first kappa shape index (κ1) is 19.0. The van der Waals surface area contributed by atoms with Crippen LogP contribution in [0, 0.1) is 0 Å². The SMILES string of the molecule is FC(F)(F)OC1=CC=C([C@@H]2CC(Oc3cncc(-c4ccccc4)c3)=NO2)CC1. The molecular weight excluding hydrogens is 385 g/mol. The number of rotatable bonds is 4. The fourth-order valence-corrected chi connectivity index (χ4v) is 3.15. The lowest BCUT2D eigenvalue weighted by Gasteiger charge is -2.19. The van der Waals surface area contributed by atoms with Crippen molar-refractivity contribution in [2.75, 3.05) is 0 Å². The van der Waals surface area contributed by atoms with Crippen molar-refractivity contribution < 1.29 is 27.5 Å². The summed E-state index contributed by atoms with van der Waals surface area (Å²) in [7, 11) is 0. The van der Waals surface area contributed by atoms with Gasteiger partial charge in [0.25, 0.3) is 0 Å². The van der Waals surface area contributed by atoms with Gasteiger partial charge in [0.15, 0.2) is 6.10 Å². The number of aromatic nitrogens is 1. The number of alkyl halides is 3. The average molecular weight is 402 g/mol. The molecule has 0 fully saturated rings. The Kier molecular flexibility index (Phi) is 5.24. The van der Waals surface area contributed by atoms with Crippen molar-refractivity contribution in [2.24, 2.45) is 5.16 Å². The molecule has 5 nitrogen and oxygen atoms in total. The van der Waals surface area contributed by atoms with E-state index in [4.69, 9.17) is 9.57 Å². The summed E-state index contributed by atoms with van der Waals surface area (Å²) in [6.07, 6.45) is 2.17. The van der Waals surface area contributed by atoms with Gasteiger partial charge in [-0.1, -0.05) is 41.6 Å². The molecule has 1 aliphatic carbocycles. The number of allylic oxidation sites excluding steroid dienone is 3. The third-order valence-electron chi connectivity index (χ3n) is 4.50. The van der Waals surface area contributed by atoms with E-state index in [-0.39, 0.29) is 18.3 Å². The zero-order chi connectivity index (χ0) is 20.3. The van der Waals surface area contributed by atoms with Crippen molar-refractivity contribution in [2.45, 2.75) is 31.7 Å². The smallest absolute Gasteiger partial charge is 0.438 e. The van der Waals surface area contributed by atoms with Crippen molar-refractivity contribution in [3.05, 3.63) is 72.3 Å². The predicted molar refractivity (Wildman–Crippen MR) is 99.8 cm³/mol. The summed E-state index contributed by atoms with van der Waals surface area (Å²) in [4.78, 5) is 9.61. The van der Waals surface area contributed by atoms with Gasteiger partial charge < -0.3 is 14.3 Å². The normalized spacial score (nSPS) is 19.0. The second-order valence-electron chi connectivity index (χ2n) is 6.58. The Labute approximate surface area is 165 Å². The summed E-state index contributed by atoms with van der Waals surface area (Å²) in [6, 6.07) is 11.6. The van der Waals surface area contributed by atoms with E-state index in [0.29, 0.717) is 24.5 Å². The second kappa shape index (κ2) is 7.98. The first-order valence-corrected chi connectivity index (χ1v) is 9.03. The molecule has 0 N–H and O–H groups in total. The highest BCUT2D eigenvalue weighted by molar-refractivity contribution is 5.80. The molecule has 2 heterocycles. The molecule has 1 aliphatic heterocycles. The summed E-state index contributed by atoms with van der Waals surface area (Å²) in [5, 5.41) is 3.96. The van der Waals surface area contributed by atoms with Crippen LogP contribution in [0.1, 0.15) is 19.3 Å². The largest absolute Gasteiger partial charge is 0.572 e. The molecule has 0 amide bonds. The van der Waals surface area contributed by atoms with Gasteiger partial charge in [-0.15, -0.1) is 13.2 Å². The molecule has 0 bridgehead atoms. The Morgan fingerprint density at radius 3 is 2.55 bits per heavy atom. The molecule has 2 aromatic rings. The highest BCUT2D eigenvalue weighted by Gasteiger charge is 2.33. The van der Waals surface area contributed by atoms with E-state index < -0.39 is 6.36 Å². The third-order valence-corrected chi connectivity index (χ3v) is 4.50. The van der Waals surface area contributed by atoms with E-state index in [1.54, 1.807) is 18.5 Å². The molecule has 8 heteroatoms. The average Bonchev–Trinajstić information content (AvgIpc) is 3.17. The lowest BCUT2D eigenvalue weighted by molar-refractivity contribution is -0.306. The topological polar surface area (TPSA) is 52.9 Å². The first-order valence-electron chi connectivity index (χ1n) is 9.03. The molecule has 1 aromatic heterocycles. The van der Waals surface area contributed by atoms with Crippen LogP contribution in [0.5, 0.6) is 5.75 Å². The van der Waals surface area contributed by atoms with E-state index in [1.165, 1.54) is 6.08 Å². The highest BCUT2D eigenvalue weighted by atomic mass is 19.4. The Hall–Kier alpha value is -3.29. The highest BCUT2D eigenvalue weighted by Crippen LogP contribution is 2.31. The number of oxime groups is 1. The molecule has 0 radical (unpaired) electrons. The van der Waals surface area contributed by atoms with Gasteiger partial charge in [0, 0.05) is 18.2 Å². The summed E-state index contributed by atoms with van der Waals surface area (Å²) in [5.41, 5.74) is 2.78. The Balaban J connectivity index is 1.37. The van der Waals surface area contributed by atoms with E-state index >= 15 is 0 Å². The van der Waals surface area contributed by atoms with E-state index in [2.05, 4.69) is 14.9 Å². The number of hydrogen-bond donors (Lipinski definition) is 0. The van der Waals surface area contributed by atoms with Gasteiger partial charge >= 0.3 is 6.36 Å². The molecule has 2 aliphatic rings. The molecule has 0 saturated carbocycles. The lowest BCUT2D eigenvalue weighted by atomic mass is 9.97. The Morgan fingerprint density at radius 1 is 1.00 bits per heavy atom. The summed E-state index contributed by atoms with van der Waals surface area (Å²) < 4.78 is 46.6. The van der Waals surface area contributed by atoms with E-state index in [1.807, 2.05) is 36.4 Å². The molecule has 0 spiro atoms. The van der Waals surface area contributed by atoms with Crippen LogP contribution >= 0.6 is 0 Å². The van der Waals surface area contributed by atoms with Crippen molar-refractivity contribution in [3.63, 3.8) is 0 Å². The van der Waals surface area contributed by atoms with Crippen molar-refractivity contribution in [3.8, 4) is 16.9 Å². The van der Waals surface area contributed by atoms with Gasteiger partial charge in [0.2, 0.25) is 5.90 Å². The van der Waals surface area contributed by atoms with Gasteiger partial charge in [-0.3, -0.25) is 4.98 Å². The maximum absolute atomic E-state index is 12.3. The lowest BCUT2D eigenvalue weighted by Crippen LogP contribution is -2.18. The van der Waals surface area contributed by atoms with Crippen molar-refractivity contribution >= 4 is 5.90 Å². The molecule has 1 aromatic carbocycles. The molecule has 1 atom stereocenters. The fraction of sp³-hybridized carbons (Fsp3) is 0.238. The molecule has 4 rings (SSSR count). The van der Waals surface area contributed by atoms with Gasteiger partial charge in [-0.05, 0) is 29.7 Å². The summed E-state index contributed by atoms with van der Waals surface area (Å²) in [6.45, 7) is 0.